The second-order valence-corrected chi connectivity index (χ2v) is 5.61. The summed E-state index contributed by atoms with van der Waals surface area (Å²) >= 11 is 0. The van der Waals surface area contributed by atoms with Gasteiger partial charge in [0.25, 0.3) is 0 Å². The van der Waals surface area contributed by atoms with E-state index < -0.39 is 0 Å². The average Bonchev–Trinajstić information content (AvgIpc) is 3.08. The normalized spacial score (nSPS) is 14.4. The Hall–Kier alpha value is -1.55. The molecule has 4 heteroatoms. The van der Waals surface area contributed by atoms with Crippen molar-refractivity contribution in [3.8, 4) is 0 Å². The van der Waals surface area contributed by atoms with E-state index >= 15 is 0 Å². The van der Waals surface area contributed by atoms with Gasteiger partial charge in [0.2, 0.25) is 0 Å². The zero-order chi connectivity index (χ0) is 14.5. The lowest BCUT2D eigenvalue weighted by atomic mass is 10.1. The quantitative estimate of drug-likeness (QED) is 0.844. The van der Waals surface area contributed by atoms with Crippen molar-refractivity contribution in [3.05, 3.63) is 42.0 Å². The lowest BCUT2D eigenvalue weighted by Gasteiger charge is -2.08. The molecule has 4 nitrogen and oxygen atoms in total. The Labute approximate surface area is 121 Å². The van der Waals surface area contributed by atoms with Crippen molar-refractivity contribution in [1.29, 1.82) is 0 Å². The Morgan fingerprint density at radius 2 is 2.00 bits per heavy atom. The molecule has 0 aromatic carbocycles. The average molecular weight is 274 g/mol. The van der Waals surface area contributed by atoms with E-state index in [1.807, 2.05) is 4.68 Å². The molecule has 2 aromatic heterocycles. The molecule has 20 heavy (non-hydrogen) atoms. The summed E-state index contributed by atoms with van der Waals surface area (Å²) in [6.07, 6.45) is 9.43. The molecule has 0 aliphatic carbocycles. The van der Waals surface area contributed by atoms with E-state index in [-0.39, 0.29) is 6.04 Å². The summed E-state index contributed by atoms with van der Waals surface area (Å²) in [5.74, 6) is 0. The van der Waals surface area contributed by atoms with Crippen LogP contribution in [0.3, 0.4) is 0 Å². The van der Waals surface area contributed by atoms with Crippen LogP contribution in [0, 0.1) is 0 Å². The highest BCUT2D eigenvalue weighted by Gasteiger charge is 2.06. The molecular weight excluding hydrogens is 248 g/mol. The Morgan fingerprint density at radius 3 is 2.70 bits per heavy atom. The van der Waals surface area contributed by atoms with E-state index in [1.54, 1.807) is 0 Å². The van der Waals surface area contributed by atoms with Gasteiger partial charge in [0.15, 0.2) is 0 Å². The molecule has 0 amide bonds. The number of aromatic nitrogens is 3. The van der Waals surface area contributed by atoms with Gasteiger partial charge < -0.3 is 10.3 Å². The van der Waals surface area contributed by atoms with Crippen LogP contribution in [0.1, 0.15) is 50.9 Å². The molecule has 2 heterocycles. The first-order valence-electron chi connectivity index (χ1n) is 7.56. The highest BCUT2D eigenvalue weighted by atomic mass is 15.3. The molecule has 0 fully saturated rings. The maximum absolute atomic E-state index is 5.99. The summed E-state index contributed by atoms with van der Waals surface area (Å²) in [7, 11) is 0. The molecule has 110 valence electrons. The molecule has 2 N–H and O–H groups in total. The molecule has 2 atom stereocenters. The Balaban J connectivity index is 1.98. The fourth-order valence-electron chi connectivity index (χ4n) is 2.24. The summed E-state index contributed by atoms with van der Waals surface area (Å²) < 4.78 is 4.23. The first-order valence-corrected chi connectivity index (χ1v) is 7.56. The predicted octanol–water partition coefficient (Wildman–Crippen LogP) is 2.98. The molecule has 0 bridgehead atoms. The summed E-state index contributed by atoms with van der Waals surface area (Å²) in [6.45, 7) is 7.33. The standard InChI is InChI=1S/C16H26N4/c1-4-13(3)20-9-7-16(18-20)12-19-8-6-14(11-19)10-15(17)5-2/h6-9,11,13,15H,4-5,10,12,17H2,1-3H3. The zero-order valence-electron chi connectivity index (χ0n) is 12.8. The molecule has 2 aromatic rings. The monoisotopic (exact) mass is 274 g/mol. The minimum absolute atomic E-state index is 0.260. The van der Waals surface area contributed by atoms with Crippen LogP contribution in [-0.4, -0.2) is 20.4 Å². The van der Waals surface area contributed by atoms with E-state index in [0.717, 1.165) is 31.5 Å². The van der Waals surface area contributed by atoms with Gasteiger partial charge >= 0.3 is 0 Å². The second-order valence-electron chi connectivity index (χ2n) is 5.61. The van der Waals surface area contributed by atoms with E-state index in [4.69, 9.17) is 5.73 Å². The van der Waals surface area contributed by atoms with Crippen molar-refractivity contribution >= 4 is 0 Å². The lowest BCUT2D eigenvalue weighted by Crippen LogP contribution is -2.21. The molecule has 0 aliphatic heterocycles. The third-order valence-electron chi connectivity index (χ3n) is 3.88. The van der Waals surface area contributed by atoms with Crippen molar-refractivity contribution in [2.24, 2.45) is 5.73 Å². The first-order chi connectivity index (χ1) is 9.62. The predicted molar refractivity (Wildman–Crippen MR) is 82.7 cm³/mol. The van der Waals surface area contributed by atoms with Crippen LogP contribution >= 0.6 is 0 Å². The topological polar surface area (TPSA) is 48.8 Å². The molecular formula is C16H26N4. The minimum atomic E-state index is 0.260. The zero-order valence-corrected chi connectivity index (χ0v) is 12.8. The third-order valence-corrected chi connectivity index (χ3v) is 3.88. The van der Waals surface area contributed by atoms with Gasteiger partial charge in [0.05, 0.1) is 12.2 Å². The summed E-state index contributed by atoms with van der Waals surface area (Å²) in [5, 5.41) is 4.63. The molecule has 0 saturated carbocycles. The van der Waals surface area contributed by atoms with Gasteiger partial charge in [0, 0.05) is 30.7 Å². The molecule has 0 radical (unpaired) electrons. The highest BCUT2D eigenvalue weighted by Crippen LogP contribution is 2.11. The van der Waals surface area contributed by atoms with Crippen molar-refractivity contribution in [2.45, 2.75) is 58.7 Å². The number of hydrogen-bond donors (Lipinski definition) is 1. The van der Waals surface area contributed by atoms with E-state index in [0.29, 0.717) is 6.04 Å². The molecule has 2 unspecified atom stereocenters. The second kappa shape index (κ2) is 6.75. The largest absolute Gasteiger partial charge is 0.348 e. The number of hydrogen-bond acceptors (Lipinski definition) is 2. The SMILES string of the molecule is CCC(N)Cc1ccn(Cc2ccn(C(C)CC)n2)c1. The van der Waals surface area contributed by atoms with Gasteiger partial charge in [0.1, 0.15) is 0 Å². The smallest absolute Gasteiger partial charge is 0.0821 e. The van der Waals surface area contributed by atoms with Crippen LogP contribution in [0.5, 0.6) is 0 Å². The molecule has 0 spiro atoms. The van der Waals surface area contributed by atoms with Gasteiger partial charge in [-0.1, -0.05) is 13.8 Å². The number of rotatable bonds is 7. The molecule has 0 aliphatic rings. The number of nitrogens with two attached hydrogens (primary N) is 1. The van der Waals surface area contributed by atoms with Crippen LogP contribution < -0.4 is 5.73 Å². The van der Waals surface area contributed by atoms with Crippen LogP contribution in [0.4, 0.5) is 0 Å². The minimum Gasteiger partial charge on any atom is -0.348 e. The van der Waals surface area contributed by atoms with Gasteiger partial charge in [-0.3, -0.25) is 4.68 Å². The third kappa shape index (κ3) is 3.73. The Morgan fingerprint density at radius 1 is 1.20 bits per heavy atom. The van der Waals surface area contributed by atoms with Crippen molar-refractivity contribution in [3.63, 3.8) is 0 Å². The van der Waals surface area contributed by atoms with Crippen molar-refractivity contribution < 1.29 is 0 Å². The van der Waals surface area contributed by atoms with Gasteiger partial charge in [-0.15, -0.1) is 0 Å². The molecule has 0 saturated heterocycles. The van der Waals surface area contributed by atoms with Crippen molar-refractivity contribution in [2.75, 3.05) is 0 Å². The van der Waals surface area contributed by atoms with Gasteiger partial charge in [-0.2, -0.15) is 5.10 Å². The summed E-state index contributed by atoms with van der Waals surface area (Å²) in [6, 6.07) is 4.98. The number of nitrogens with zero attached hydrogens (tertiary/aromatic N) is 3. The van der Waals surface area contributed by atoms with Crippen LogP contribution in [0.25, 0.3) is 0 Å². The lowest BCUT2D eigenvalue weighted by molar-refractivity contribution is 0.472. The molecule has 2 rings (SSSR count). The van der Waals surface area contributed by atoms with E-state index in [1.165, 1.54) is 5.56 Å². The van der Waals surface area contributed by atoms with E-state index in [9.17, 15) is 0 Å². The Kier molecular flexibility index (Phi) is 5.01. The maximum Gasteiger partial charge on any atom is 0.0821 e. The first kappa shape index (κ1) is 14.9. The summed E-state index contributed by atoms with van der Waals surface area (Å²) in [5.41, 5.74) is 8.40. The van der Waals surface area contributed by atoms with Gasteiger partial charge in [-0.05, 0) is 43.9 Å². The van der Waals surface area contributed by atoms with Crippen LogP contribution in [-0.2, 0) is 13.0 Å². The van der Waals surface area contributed by atoms with E-state index in [2.05, 4.69) is 61.2 Å². The highest BCUT2D eigenvalue weighted by molar-refractivity contribution is 5.13. The fourth-order valence-corrected chi connectivity index (χ4v) is 2.24. The van der Waals surface area contributed by atoms with Crippen LogP contribution in [0.2, 0.25) is 0 Å². The maximum atomic E-state index is 5.99. The summed E-state index contributed by atoms with van der Waals surface area (Å²) in [4.78, 5) is 0. The Bertz CT molecular complexity index is 526. The van der Waals surface area contributed by atoms with Crippen LogP contribution in [0.15, 0.2) is 30.7 Å². The van der Waals surface area contributed by atoms with Crippen molar-refractivity contribution in [1.82, 2.24) is 14.3 Å². The van der Waals surface area contributed by atoms with Gasteiger partial charge in [-0.25, -0.2) is 0 Å². The fraction of sp³-hybridized carbons (Fsp3) is 0.562.